The molecule has 0 radical (unpaired) electrons. The number of nitrogens with one attached hydrogen (secondary N) is 2. The maximum Gasteiger partial charge on any atom is 0.254 e. The number of carbonyl (C=O) groups excluding carboxylic acids is 2. The van der Waals surface area contributed by atoms with Crippen LogP contribution < -0.4 is 10.6 Å². The van der Waals surface area contributed by atoms with E-state index >= 15 is 0 Å². The van der Waals surface area contributed by atoms with Crippen LogP contribution in [0.5, 0.6) is 0 Å². The van der Waals surface area contributed by atoms with Crippen LogP contribution in [-0.4, -0.2) is 74.9 Å². The molecular formula is C18H24FN3O4. The first-order chi connectivity index (χ1) is 12.6. The second-order valence-corrected chi connectivity index (χ2v) is 6.56. The van der Waals surface area contributed by atoms with Crippen LogP contribution in [0.25, 0.3) is 0 Å². The number of rotatable bonds is 4. The van der Waals surface area contributed by atoms with Crippen molar-refractivity contribution in [3.05, 3.63) is 35.6 Å². The Hall–Kier alpha value is -2.03. The average molecular weight is 365 g/mol. The SMILES string of the molecule is O=C(NCCC(=O)N1CCO[C@@]2(CNCCOC2)C1)c1ccccc1F. The fraction of sp³-hybridized carbons (Fsp3) is 0.556. The maximum absolute atomic E-state index is 13.6. The third-order valence-corrected chi connectivity index (χ3v) is 4.58. The van der Waals surface area contributed by atoms with E-state index in [1.807, 2.05) is 0 Å². The molecule has 1 atom stereocenters. The topological polar surface area (TPSA) is 79.9 Å². The second kappa shape index (κ2) is 8.57. The molecule has 142 valence electrons. The summed E-state index contributed by atoms with van der Waals surface area (Å²) in [5.74, 6) is -1.16. The lowest BCUT2D eigenvalue weighted by atomic mass is 10.0. The Morgan fingerprint density at radius 2 is 2.15 bits per heavy atom. The van der Waals surface area contributed by atoms with Gasteiger partial charge in [-0.3, -0.25) is 9.59 Å². The molecule has 2 heterocycles. The summed E-state index contributed by atoms with van der Waals surface area (Å²) in [6.45, 7) is 4.07. The van der Waals surface area contributed by atoms with Gasteiger partial charge in [0.2, 0.25) is 5.91 Å². The van der Waals surface area contributed by atoms with Gasteiger partial charge < -0.3 is 25.0 Å². The van der Waals surface area contributed by atoms with Crippen LogP contribution in [0.4, 0.5) is 4.39 Å². The summed E-state index contributed by atoms with van der Waals surface area (Å²) in [5, 5.41) is 5.86. The van der Waals surface area contributed by atoms with Gasteiger partial charge in [0.15, 0.2) is 0 Å². The maximum atomic E-state index is 13.6. The highest BCUT2D eigenvalue weighted by Gasteiger charge is 2.39. The van der Waals surface area contributed by atoms with E-state index in [1.54, 1.807) is 11.0 Å². The number of carbonyl (C=O) groups is 2. The average Bonchev–Trinajstić information content (AvgIpc) is 2.87. The Bertz CT molecular complexity index is 647. The van der Waals surface area contributed by atoms with E-state index in [0.29, 0.717) is 39.5 Å². The molecular weight excluding hydrogens is 341 g/mol. The zero-order valence-corrected chi connectivity index (χ0v) is 14.6. The van der Waals surface area contributed by atoms with Crippen LogP contribution in [0.1, 0.15) is 16.8 Å². The van der Waals surface area contributed by atoms with Crippen molar-refractivity contribution in [3.63, 3.8) is 0 Å². The van der Waals surface area contributed by atoms with Crippen LogP contribution >= 0.6 is 0 Å². The van der Waals surface area contributed by atoms with Gasteiger partial charge in [0.1, 0.15) is 11.4 Å². The number of ether oxygens (including phenoxy) is 2. The van der Waals surface area contributed by atoms with Crippen LogP contribution in [0.15, 0.2) is 24.3 Å². The number of morpholine rings is 1. The lowest BCUT2D eigenvalue weighted by Crippen LogP contribution is -2.59. The zero-order valence-electron chi connectivity index (χ0n) is 14.6. The van der Waals surface area contributed by atoms with Gasteiger partial charge in [0.05, 0.1) is 31.9 Å². The molecule has 26 heavy (non-hydrogen) atoms. The lowest BCUT2D eigenvalue weighted by molar-refractivity contribution is -0.158. The van der Waals surface area contributed by atoms with Crippen molar-refractivity contribution in [2.45, 2.75) is 12.0 Å². The van der Waals surface area contributed by atoms with E-state index in [1.165, 1.54) is 18.2 Å². The van der Waals surface area contributed by atoms with Crippen LogP contribution in [0.3, 0.4) is 0 Å². The zero-order chi connectivity index (χ0) is 18.4. The Kier molecular flexibility index (Phi) is 6.18. The van der Waals surface area contributed by atoms with Gasteiger partial charge in [-0.2, -0.15) is 0 Å². The summed E-state index contributed by atoms with van der Waals surface area (Å²) < 4.78 is 25.0. The standard InChI is InChI=1S/C18H24FN3O4/c19-15-4-2-1-3-14(15)17(24)21-6-5-16(23)22-8-10-26-18(12-22)11-20-7-9-25-13-18/h1-4,20H,5-13H2,(H,21,24)/t18-/m0/s1. The van der Waals surface area contributed by atoms with Crippen molar-refractivity contribution >= 4 is 11.8 Å². The molecule has 2 aliphatic heterocycles. The molecule has 2 aliphatic rings. The molecule has 1 aromatic rings. The number of nitrogens with zero attached hydrogens (tertiary/aromatic N) is 1. The fourth-order valence-electron chi connectivity index (χ4n) is 3.20. The Labute approximate surface area is 151 Å². The Morgan fingerprint density at radius 3 is 3.00 bits per heavy atom. The van der Waals surface area contributed by atoms with Crippen molar-refractivity contribution in [1.82, 2.24) is 15.5 Å². The van der Waals surface area contributed by atoms with E-state index in [2.05, 4.69) is 10.6 Å². The first-order valence-electron chi connectivity index (χ1n) is 8.83. The molecule has 2 N–H and O–H groups in total. The summed E-state index contributed by atoms with van der Waals surface area (Å²) in [6, 6.07) is 5.77. The third-order valence-electron chi connectivity index (χ3n) is 4.58. The van der Waals surface area contributed by atoms with Gasteiger partial charge >= 0.3 is 0 Å². The Balaban J connectivity index is 1.48. The highest BCUT2D eigenvalue weighted by atomic mass is 19.1. The molecule has 1 aromatic carbocycles. The summed E-state index contributed by atoms with van der Waals surface area (Å²) in [5.41, 5.74) is -0.534. The summed E-state index contributed by atoms with van der Waals surface area (Å²) in [7, 11) is 0. The first kappa shape index (κ1) is 18.8. The van der Waals surface area contributed by atoms with Crippen molar-refractivity contribution < 1.29 is 23.5 Å². The molecule has 2 fully saturated rings. The number of amides is 2. The van der Waals surface area contributed by atoms with Crippen molar-refractivity contribution in [1.29, 1.82) is 0 Å². The number of hydrogen-bond acceptors (Lipinski definition) is 5. The summed E-state index contributed by atoms with van der Waals surface area (Å²) >= 11 is 0. The van der Waals surface area contributed by atoms with Crippen LogP contribution in [0.2, 0.25) is 0 Å². The molecule has 0 unspecified atom stereocenters. The molecule has 0 saturated carbocycles. The number of benzene rings is 1. The van der Waals surface area contributed by atoms with Gasteiger partial charge in [0.25, 0.3) is 5.91 Å². The first-order valence-corrected chi connectivity index (χ1v) is 8.83. The van der Waals surface area contributed by atoms with Crippen molar-refractivity contribution in [2.24, 2.45) is 0 Å². The van der Waals surface area contributed by atoms with Crippen LogP contribution in [0, 0.1) is 5.82 Å². The van der Waals surface area contributed by atoms with E-state index in [-0.39, 0.29) is 24.4 Å². The van der Waals surface area contributed by atoms with E-state index < -0.39 is 17.3 Å². The second-order valence-electron chi connectivity index (χ2n) is 6.56. The van der Waals surface area contributed by atoms with Crippen molar-refractivity contribution in [2.75, 3.05) is 52.5 Å². The molecule has 0 aliphatic carbocycles. The largest absolute Gasteiger partial charge is 0.377 e. The van der Waals surface area contributed by atoms with E-state index in [9.17, 15) is 14.0 Å². The monoisotopic (exact) mass is 365 g/mol. The van der Waals surface area contributed by atoms with Gasteiger partial charge in [-0.05, 0) is 12.1 Å². The van der Waals surface area contributed by atoms with Gasteiger partial charge in [0, 0.05) is 32.6 Å². The minimum Gasteiger partial charge on any atom is -0.377 e. The minimum atomic E-state index is -0.577. The van der Waals surface area contributed by atoms with Gasteiger partial charge in [-0.1, -0.05) is 12.1 Å². The lowest BCUT2D eigenvalue weighted by Gasteiger charge is -2.41. The molecule has 3 rings (SSSR count). The Morgan fingerprint density at radius 1 is 1.31 bits per heavy atom. The number of halogens is 1. The summed E-state index contributed by atoms with van der Waals surface area (Å²) in [6.07, 6.45) is 0.157. The fourth-order valence-corrected chi connectivity index (χ4v) is 3.20. The molecule has 7 nitrogen and oxygen atoms in total. The normalized spacial score (nSPS) is 23.5. The molecule has 0 aromatic heterocycles. The quantitative estimate of drug-likeness (QED) is 0.795. The highest BCUT2D eigenvalue weighted by molar-refractivity contribution is 5.94. The smallest absolute Gasteiger partial charge is 0.254 e. The van der Waals surface area contributed by atoms with Gasteiger partial charge in [-0.25, -0.2) is 4.39 Å². The number of hydrogen-bond donors (Lipinski definition) is 2. The predicted molar refractivity (Wildman–Crippen MR) is 92.3 cm³/mol. The molecule has 2 amide bonds. The van der Waals surface area contributed by atoms with E-state index in [0.717, 1.165) is 6.54 Å². The minimum absolute atomic E-state index is 0.0213. The molecule has 8 heteroatoms. The third kappa shape index (κ3) is 4.57. The summed E-state index contributed by atoms with van der Waals surface area (Å²) in [4.78, 5) is 26.2. The van der Waals surface area contributed by atoms with Crippen molar-refractivity contribution in [3.8, 4) is 0 Å². The van der Waals surface area contributed by atoms with E-state index in [4.69, 9.17) is 9.47 Å². The van der Waals surface area contributed by atoms with Crippen LogP contribution in [-0.2, 0) is 14.3 Å². The molecule has 1 spiro atoms. The van der Waals surface area contributed by atoms with Gasteiger partial charge in [-0.15, -0.1) is 0 Å². The molecule has 2 saturated heterocycles. The molecule has 0 bridgehead atoms. The highest BCUT2D eigenvalue weighted by Crippen LogP contribution is 2.20. The predicted octanol–water partition coefficient (Wildman–Crippen LogP) is 0.163.